The Morgan fingerprint density at radius 2 is 1.95 bits per heavy atom. The number of aromatic carboxylic acids is 1. The van der Waals surface area contributed by atoms with Crippen molar-refractivity contribution in [3.8, 4) is 11.5 Å². The number of aromatic nitrogens is 1. The normalized spacial score (nSPS) is 10.2. The molecule has 0 atom stereocenters. The van der Waals surface area contributed by atoms with Crippen molar-refractivity contribution in [2.24, 2.45) is 0 Å². The number of carbonyl (C=O) groups is 1. The molecule has 1 heterocycles. The number of rotatable bonds is 6. The molecule has 1 aromatic heterocycles. The quantitative estimate of drug-likeness (QED) is 0.784. The summed E-state index contributed by atoms with van der Waals surface area (Å²) in [6, 6.07) is 6.56. The molecular formula is C14H11BrClNO4. The minimum atomic E-state index is -1.06. The van der Waals surface area contributed by atoms with Gasteiger partial charge in [-0.2, -0.15) is 0 Å². The molecule has 0 aliphatic heterocycles. The Hall–Kier alpha value is -1.79. The first-order valence-electron chi connectivity index (χ1n) is 5.96. The van der Waals surface area contributed by atoms with E-state index < -0.39 is 5.97 Å². The zero-order chi connectivity index (χ0) is 15.2. The highest BCUT2D eigenvalue weighted by atomic mass is 79.9. The third-order valence-corrected chi connectivity index (χ3v) is 3.36. The van der Waals surface area contributed by atoms with Crippen molar-refractivity contribution in [2.45, 2.75) is 0 Å². The molecule has 0 aliphatic carbocycles. The maximum atomic E-state index is 11.0. The fourth-order valence-electron chi connectivity index (χ4n) is 1.57. The molecule has 0 spiro atoms. The number of benzene rings is 1. The molecule has 0 aliphatic rings. The third kappa shape index (κ3) is 4.34. The van der Waals surface area contributed by atoms with Crippen molar-refractivity contribution in [1.82, 2.24) is 4.98 Å². The van der Waals surface area contributed by atoms with Crippen LogP contribution in [-0.2, 0) is 0 Å². The summed E-state index contributed by atoms with van der Waals surface area (Å²) in [5.74, 6) is -0.217. The summed E-state index contributed by atoms with van der Waals surface area (Å²) in [5, 5.41) is 9.61. The topological polar surface area (TPSA) is 68.7 Å². The lowest BCUT2D eigenvalue weighted by Gasteiger charge is -2.10. The van der Waals surface area contributed by atoms with E-state index in [4.69, 9.17) is 26.2 Å². The van der Waals surface area contributed by atoms with Crippen molar-refractivity contribution in [3.05, 3.63) is 51.7 Å². The Morgan fingerprint density at radius 1 is 1.24 bits per heavy atom. The molecule has 1 aromatic carbocycles. The molecule has 0 amide bonds. The molecule has 7 heteroatoms. The molecular weight excluding hydrogens is 362 g/mol. The fourth-order valence-corrected chi connectivity index (χ4v) is 2.36. The summed E-state index contributed by atoms with van der Waals surface area (Å²) >= 11 is 9.17. The van der Waals surface area contributed by atoms with Gasteiger partial charge in [0, 0.05) is 11.2 Å². The monoisotopic (exact) mass is 371 g/mol. The van der Waals surface area contributed by atoms with Crippen LogP contribution in [0, 0.1) is 0 Å². The van der Waals surface area contributed by atoms with Crippen LogP contribution in [0.3, 0.4) is 0 Å². The van der Waals surface area contributed by atoms with E-state index in [0.717, 1.165) is 4.47 Å². The first kappa shape index (κ1) is 15.6. The van der Waals surface area contributed by atoms with Gasteiger partial charge in [0.25, 0.3) is 0 Å². The van der Waals surface area contributed by atoms with Gasteiger partial charge in [0.15, 0.2) is 5.75 Å². The van der Waals surface area contributed by atoms with Gasteiger partial charge in [0.1, 0.15) is 24.5 Å². The fraction of sp³-hybridized carbons (Fsp3) is 0.143. The van der Waals surface area contributed by atoms with E-state index in [1.807, 2.05) is 0 Å². The Labute approximate surface area is 134 Å². The van der Waals surface area contributed by atoms with Crippen molar-refractivity contribution in [1.29, 1.82) is 0 Å². The Bertz CT molecular complexity index is 651. The van der Waals surface area contributed by atoms with Crippen molar-refractivity contribution >= 4 is 33.5 Å². The standard InChI is InChI=1S/C14H11BrClNO4/c15-11-7-9(16)1-2-12(11)20-5-6-21-13-8-17-4-3-10(13)14(18)19/h1-4,7-8H,5-6H2,(H,18,19). The predicted molar refractivity (Wildman–Crippen MR) is 81.3 cm³/mol. The molecule has 21 heavy (non-hydrogen) atoms. The van der Waals surface area contributed by atoms with Crippen LogP contribution in [0.5, 0.6) is 11.5 Å². The maximum Gasteiger partial charge on any atom is 0.339 e. The first-order chi connectivity index (χ1) is 10.1. The first-order valence-corrected chi connectivity index (χ1v) is 7.13. The second-order valence-electron chi connectivity index (χ2n) is 3.95. The predicted octanol–water partition coefficient (Wildman–Crippen LogP) is 3.65. The molecule has 0 unspecified atom stereocenters. The number of nitrogens with zero attached hydrogens (tertiary/aromatic N) is 1. The lowest BCUT2D eigenvalue weighted by Crippen LogP contribution is -2.11. The second-order valence-corrected chi connectivity index (χ2v) is 5.24. The Kier molecular flexibility index (Phi) is 5.41. The molecule has 2 rings (SSSR count). The van der Waals surface area contributed by atoms with Crippen LogP contribution in [0.2, 0.25) is 5.02 Å². The SMILES string of the molecule is O=C(O)c1ccncc1OCCOc1ccc(Cl)cc1Br. The zero-order valence-electron chi connectivity index (χ0n) is 10.8. The van der Waals surface area contributed by atoms with E-state index in [9.17, 15) is 4.79 Å². The summed E-state index contributed by atoms with van der Waals surface area (Å²) in [4.78, 5) is 14.8. The van der Waals surface area contributed by atoms with Gasteiger partial charge >= 0.3 is 5.97 Å². The molecule has 0 saturated carbocycles. The summed E-state index contributed by atoms with van der Waals surface area (Å²) in [6.45, 7) is 0.454. The minimum absolute atomic E-state index is 0.0673. The summed E-state index contributed by atoms with van der Waals surface area (Å²) in [7, 11) is 0. The molecule has 0 bridgehead atoms. The van der Waals surface area contributed by atoms with Crippen molar-refractivity contribution in [3.63, 3.8) is 0 Å². The van der Waals surface area contributed by atoms with E-state index >= 15 is 0 Å². The molecule has 0 fully saturated rings. The highest BCUT2D eigenvalue weighted by Crippen LogP contribution is 2.27. The number of carboxylic acids is 1. The smallest absolute Gasteiger partial charge is 0.339 e. The highest BCUT2D eigenvalue weighted by molar-refractivity contribution is 9.10. The number of halogens is 2. The number of carboxylic acid groups (broad SMARTS) is 1. The van der Waals surface area contributed by atoms with Gasteiger partial charge in [-0.1, -0.05) is 11.6 Å². The third-order valence-electron chi connectivity index (χ3n) is 2.51. The summed E-state index contributed by atoms with van der Waals surface area (Å²) < 4.78 is 11.6. The Morgan fingerprint density at radius 3 is 2.62 bits per heavy atom. The molecule has 2 aromatic rings. The number of hydrogen-bond donors (Lipinski definition) is 1. The summed E-state index contributed by atoms with van der Waals surface area (Å²) in [6.07, 6.45) is 2.76. The average molecular weight is 373 g/mol. The van der Waals surface area contributed by atoms with E-state index in [1.165, 1.54) is 18.5 Å². The minimum Gasteiger partial charge on any atom is -0.489 e. The molecule has 5 nitrogen and oxygen atoms in total. The largest absolute Gasteiger partial charge is 0.489 e. The van der Waals surface area contributed by atoms with E-state index in [-0.39, 0.29) is 24.5 Å². The van der Waals surface area contributed by atoms with Crippen LogP contribution in [0.4, 0.5) is 0 Å². The molecule has 0 saturated heterocycles. The van der Waals surface area contributed by atoms with Crippen LogP contribution in [0.25, 0.3) is 0 Å². The van der Waals surface area contributed by atoms with Gasteiger partial charge in [0.2, 0.25) is 0 Å². The van der Waals surface area contributed by atoms with Crippen molar-refractivity contribution < 1.29 is 19.4 Å². The van der Waals surface area contributed by atoms with Crippen LogP contribution in [-0.4, -0.2) is 29.3 Å². The van der Waals surface area contributed by atoms with Crippen LogP contribution in [0.15, 0.2) is 41.1 Å². The number of hydrogen-bond acceptors (Lipinski definition) is 4. The average Bonchev–Trinajstić information content (AvgIpc) is 2.45. The molecule has 1 N–H and O–H groups in total. The highest BCUT2D eigenvalue weighted by Gasteiger charge is 2.10. The van der Waals surface area contributed by atoms with Gasteiger partial charge in [-0.3, -0.25) is 4.98 Å². The van der Waals surface area contributed by atoms with Gasteiger partial charge in [0.05, 0.1) is 10.7 Å². The van der Waals surface area contributed by atoms with E-state index in [0.29, 0.717) is 10.8 Å². The van der Waals surface area contributed by atoms with Crippen LogP contribution >= 0.6 is 27.5 Å². The van der Waals surface area contributed by atoms with Gasteiger partial charge in [-0.05, 0) is 40.2 Å². The van der Waals surface area contributed by atoms with Gasteiger partial charge < -0.3 is 14.6 Å². The molecule has 110 valence electrons. The van der Waals surface area contributed by atoms with E-state index in [2.05, 4.69) is 20.9 Å². The number of pyridine rings is 1. The number of ether oxygens (including phenoxy) is 2. The van der Waals surface area contributed by atoms with Crippen LogP contribution < -0.4 is 9.47 Å². The van der Waals surface area contributed by atoms with Gasteiger partial charge in [-0.15, -0.1) is 0 Å². The van der Waals surface area contributed by atoms with Crippen molar-refractivity contribution in [2.75, 3.05) is 13.2 Å². The van der Waals surface area contributed by atoms with E-state index in [1.54, 1.807) is 18.2 Å². The second kappa shape index (κ2) is 7.28. The van der Waals surface area contributed by atoms with Crippen LogP contribution in [0.1, 0.15) is 10.4 Å². The Balaban J connectivity index is 1.89. The van der Waals surface area contributed by atoms with Gasteiger partial charge in [-0.25, -0.2) is 4.79 Å². The zero-order valence-corrected chi connectivity index (χ0v) is 13.1. The summed E-state index contributed by atoms with van der Waals surface area (Å²) in [5.41, 5.74) is 0.0673. The lowest BCUT2D eigenvalue weighted by atomic mass is 10.2. The molecule has 0 radical (unpaired) electrons. The lowest BCUT2D eigenvalue weighted by molar-refractivity contribution is 0.0691. The maximum absolute atomic E-state index is 11.0.